The molecular weight excluding hydrogens is 284 g/mol. The van der Waals surface area contributed by atoms with Gasteiger partial charge in [0.25, 0.3) is 0 Å². The molecule has 3 heteroatoms. The number of carbonyl (C=O) groups excluding carboxylic acids is 1. The van der Waals surface area contributed by atoms with Crippen molar-refractivity contribution in [2.75, 3.05) is 23.3 Å². The minimum Gasteiger partial charge on any atom is -0.371 e. The van der Waals surface area contributed by atoms with Crippen LogP contribution >= 0.6 is 0 Å². The Bertz CT molecular complexity index is 679. The van der Waals surface area contributed by atoms with Crippen molar-refractivity contribution in [1.29, 1.82) is 0 Å². The van der Waals surface area contributed by atoms with Gasteiger partial charge in [-0.1, -0.05) is 24.3 Å². The highest BCUT2D eigenvalue weighted by Crippen LogP contribution is 2.19. The van der Waals surface area contributed by atoms with Crippen molar-refractivity contribution in [3.63, 3.8) is 0 Å². The van der Waals surface area contributed by atoms with Crippen LogP contribution in [0.5, 0.6) is 0 Å². The summed E-state index contributed by atoms with van der Waals surface area (Å²) >= 11 is 0. The fraction of sp³-hybridized carbons (Fsp3) is 0.350. The zero-order valence-electron chi connectivity index (χ0n) is 14.5. The monoisotopic (exact) mass is 310 g/mol. The van der Waals surface area contributed by atoms with Crippen LogP contribution in [-0.2, 0) is 4.79 Å². The third-order valence-electron chi connectivity index (χ3n) is 4.24. The van der Waals surface area contributed by atoms with Gasteiger partial charge in [0, 0.05) is 30.9 Å². The molecule has 0 spiro atoms. The summed E-state index contributed by atoms with van der Waals surface area (Å²) in [6.07, 6.45) is 0.481. The molecule has 0 bridgehead atoms. The number of anilines is 2. The molecule has 0 aromatic heterocycles. The fourth-order valence-corrected chi connectivity index (χ4v) is 2.63. The summed E-state index contributed by atoms with van der Waals surface area (Å²) in [5.41, 5.74) is 5.64. The molecular formula is C20H26N2O. The molecule has 122 valence electrons. The maximum atomic E-state index is 12.3. The van der Waals surface area contributed by atoms with E-state index in [0.717, 1.165) is 24.3 Å². The SMILES string of the molecule is CCN(CCC(=O)Nc1cccc(C)c1C)c1cccc(C)c1. The summed E-state index contributed by atoms with van der Waals surface area (Å²) in [7, 11) is 0. The molecule has 1 N–H and O–H groups in total. The van der Waals surface area contributed by atoms with E-state index in [1.165, 1.54) is 16.8 Å². The van der Waals surface area contributed by atoms with Gasteiger partial charge in [-0.15, -0.1) is 0 Å². The topological polar surface area (TPSA) is 32.3 Å². The van der Waals surface area contributed by atoms with Crippen molar-refractivity contribution in [2.24, 2.45) is 0 Å². The normalized spacial score (nSPS) is 10.4. The first-order valence-electron chi connectivity index (χ1n) is 8.19. The van der Waals surface area contributed by atoms with E-state index < -0.39 is 0 Å². The molecule has 0 unspecified atom stereocenters. The van der Waals surface area contributed by atoms with Crippen molar-refractivity contribution >= 4 is 17.3 Å². The first-order chi connectivity index (χ1) is 11.0. The number of rotatable bonds is 6. The van der Waals surface area contributed by atoms with E-state index in [4.69, 9.17) is 0 Å². The van der Waals surface area contributed by atoms with Gasteiger partial charge in [-0.3, -0.25) is 4.79 Å². The maximum Gasteiger partial charge on any atom is 0.226 e. The summed E-state index contributed by atoms with van der Waals surface area (Å²) in [5.74, 6) is 0.0600. The number of amides is 1. The van der Waals surface area contributed by atoms with E-state index in [-0.39, 0.29) is 5.91 Å². The molecule has 0 atom stereocenters. The van der Waals surface area contributed by atoms with Gasteiger partial charge in [0.05, 0.1) is 0 Å². The van der Waals surface area contributed by atoms with Gasteiger partial charge in [0.2, 0.25) is 5.91 Å². The molecule has 0 fully saturated rings. The molecule has 0 heterocycles. The van der Waals surface area contributed by atoms with Gasteiger partial charge < -0.3 is 10.2 Å². The van der Waals surface area contributed by atoms with Crippen LogP contribution in [-0.4, -0.2) is 19.0 Å². The average molecular weight is 310 g/mol. The average Bonchev–Trinajstić information content (AvgIpc) is 2.52. The van der Waals surface area contributed by atoms with Crippen molar-refractivity contribution in [3.05, 3.63) is 59.2 Å². The van der Waals surface area contributed by atoms with Crippen molar-refractivity contribution in [2.45, 2.75) is 34.1 Å². The second kappa shape index (κ2) is 7.82. The molecule has 23 heavy (non-hydrogen) atoms. The highest BCUT2D eigenvalue weighted by atomic mass is 16.1. The van der Waals surface area contributed by atoms with Crippen LogP contribution in [0.2, 0.25) is 0 Å². The van der Waals surface area contributed by atoms with E-state index in [2.05, 4.69) is 61.3 Å². The quantitative estimate of drug-likeness (QED) is 0.854. The Morgan fingerprint density at radius 3 is 2.52 bits per heavy atom. The lowest BCUT2D eigenvalue weighted by atomic mass is 10.1. The summed E-state index contributed by atoms with van der Waals surface area (Å²) in [6.45, 7) is 9.91. The van der Waals surface area contributed by atoms with E-state index >= 15 is 0 Å². The van der Waals surface area contributed by atoms with Crippen molar-refractivity contribution in [1.82, 2.24) is 0 Å². The first kappa shape index (κ1) is 17.1. The molecule has 1 amide bonds. The fourth-order valence-electron chi connectivity index (χ4n) is 2.63. The second-order valence-corrected chi connectivity index (χ2v) is 5.96. The van der Waals surface area contributed by atoms with Crippen LogP contribution in [0.15, 0.2) is 42.5 Å². The lowest BCUT2D eigenvalue weighted by Gasteiger charge is -2.23. The van der Waals surface area contributed by atoms with E-state index in [1.807, 2.05) is 19.1 Å². The molecule has 2 aromatic carbocycles. The Morgan fingerprint density at radius 1 is 1.09 bits per heavy atom. The van der Waals surface area contributed by atoms with Gasteiger partial charge in [-0.05, 0) is 62.6 Å². The Kier molecular flexibility index (Phi) is 5.80. The third kappa shape index (κ3) is 4.59. The molecule has 0 saturated carbocycles. The molecule has 0 aliphatic carbocycles. The molecule has 2 aromatic rings. The van der Waals surface area contributed by atoms with Crippen LogP contribution in [0.1, 0.15) is 30.0 Å². The lowest BCUT2D eigenvalue weighted by molar-refractivity contribution is -0.116. The second-order valence-electron chi connectivity index (χ2n) is 5.96. The van der Waals surface area contributed by atoms with Gasteiger partial charge in [0.15, 0.2) is 0 Å². The predicted molar refractivity (Wildman–Crippen MR) is 98.2 cm³/mol. The lowest BCUT2D eigenvalue weighted by Crippen LogP contribution is -2.27. The number of nitrogens with zero attached hydrogens (tertiary/aromatic N) is 1. The number of benzene rings is 2. The third-order valence-corrected chi connectivity index (χ3v) is 4.24. The zero-order valence-corrected chi connectivity index (χ0v) is 14.5. The molecule has 3 nitrogen and oxygen atoms in total. The Hall–Kier alpha value is -2.29. The minimum atomic E-state index is 0.0600. The number of hydrogen-bond acceptors (Lipinski definition) is 2. The standard InChI is InChI=1S/C20H26N2O/c1-5-22(18-10-6-8-15(2)14-18)13-12-20(23)21-19-11-7-9-16(3)17(19)4/h6-11,14H,5,12-13H2,1-4H3,(H,21,23). The van der Waals surface area contributed by atoms with Crippen LogP contribution in [0, 0.1) is 20.8 Å². The summed E-state index contributed by atoms with van der Waals surface area (Å²) in [5, 5.41) is 3.03. The van der Waals surface area contributed by atoms with Gasteiger partial charge >= 0.3 is 0 Å². The first-order valence-corrected chi connectivity index (χ1v) is 8.19. The van der Waals surface area contributed by atoms with Crippen molar-refractivity contribution < 1.29 is 4.79 Å². The minimum absolute atomic E-state index is 0.0600. The van der Waals surface area contributed by atoms with Crippen molar-refractivity contribution in [3.8, 4) is 0 Å². The molecule has 0 saturated heterocycles. The Labute approximate surface area is 139 Å². The summed E-state index contributed by atoms with van der Waals surface area (Å²) in [6, 6.07) is 14.4. The van der Waals surface area contributed by atoms with Crippen LogP contribution in [0.3, 0.4) is 0 Å². The van der Waals surface area contributed by atoms with Gasteiger partial charge in [-0.2, -0.15) is 0 Å². The predicted octanol–water partition coefficient (Wildman–Crippen LogP) is 4.47. The van der Waals surface area contributed by atoms with Crippen LogP contribution in [0.4, 0.5) is 11.4 Å². The number of nitrogens with one attached hydrogen (secondary N) is 1. The number of carbonyl (C=O) groups is 1. The van der Waals surface area contributed by atoms with Gasteiger partial charge in [-0.25, -0.2) is 0 Å². The summed E-state index contributed by atoms with van der Waals surface area (Å²) in [4.78, 5) is 14.5. The molecule has 2 rings (SSSR count). The highest BCUT2D eigenvalue weighted by molar-refractivity contribution is 5.92. The van der Waals surface area contributed by atoms with E-state index in [9.17, 15) is 4.79 Å². The Morgan fingerprint density at radius 2 is 1.83 bits per heavy atom. The van der Waals surface area contributed by atoms with Crippen LogP contribution < -0.4 is 10.2 Å². The van der Waals surface area contributed by atoms with Crippen LogP contribution in [0.25, 0.3) is 0 Å². The van der Waals surface area contributed by atoms with E-state index in [0.29, 0.717) is 6.42 Å². The Balaban J connectivity index is 1.96. The molecule has 0 radical (unpaired) electrons. The molecule has 0 aliphatic rings. The number of hydrogen-bond donors (Lipinski definition) is 1. The zero-order chi connectivity index (χ0) is 16.8. The summed E-state index contributed by atoms with van der Waals surface area (Å²) < 4.78 is 0. The number of aryl methyl sites for hydroxylation is 2. The largest absolute Gasteiger partial charge is 0.371 e. The highest BCUT2D eigenvalue weighted by Gasteiger charge is 2.09. The van der Waals surface area contributed by atoms with E-state index in [1.54, 1.807) is 0 Å². The van der Waals surface area contributed by atoms with Gasteiger partial charge in [0.1, 0.15) is 0 Å². The maximum absolute atomic E-state index is 12.3. The smallest absolute Gasteiger partial charge is 0.226 e. The molecule has 0 aliphatic heterocycles.